The first kappa shape index (κ1) is 33.2. The third-order valence-corrected chi connectivity index (χ3v) is 11.1. The Kier molecular flexibility index (Phi) is 12.3. The van der Waals surface area contributed by atoms with Crippen LogP contribution in [0, 0.1) is 40.4 Å². The molecule has 218 valence electrons. The monoisotopic (exact) mass is 523 g/mol. The van der Waals surface area contributed by atoms with Crippen LogP contribution < -0.4 is 0 Å². The first-order valence-electron chi connectivity index (χ1n) is 16.4. The smallest absolute Gasteiger partial charge is 0.00388 e. The van der Waals surface area contributed by atoms with E-state index in [4.69, 9.17) is 0 Å². The van der Waals surface area contributed by atoms with Crippen molar-refractivity contribution in [3.05, 3.63) is 41.0 Å². The van der Waals surface area contributed by atoms with Crippen LogP contribution in [0.3, 0.4) is 0 Å². The molecule has 1 aromatic rings. The summed E-state index contributed by atoms with van der Waals surface area (Å²) >= 11 is 0. The van der Waals surface area contributed by atoms with Crippen molar-refractivity contribution in [1.29, 1.82) is 0 Å². The van der Waals surface area contributed by atoms with E-state index >= 15 is 0 Å². The Hall–Kier alpha value is -1.04. The Morgan fingerprint density at radius 1 is 0.947 bits per heavy atom. The summed E-state index contributed by atoms with van der Waals surface area (Å²) in [5, 5.41) is 0. The number of hydrogen-bond donors (Lipinski definition) is 0. The Balaban J connectivity index is 0.00000165. The fourth-order valence-electron chi connectivity index (χ4n) is 8.95. The van der Waals surface area contributed by atoms with Crippen LogP contribution in [0.15, 0.2) is 24.3 Å². The first-order chi connectivity index (χ1) is 17.6. The van der Waals surface area contributed by atoms with Gasteiger partial charge in [-0.3, -0.25) is 0 Å². The molecule has 0 amide bonds. The summed E-state index contributed by atoms with van der Waals surface area (Å²) in [7, 11) is 0. The first-order valence-corrected chi connectivity index (χ1v) is 16.4. The highest BCUT2D eigenvalue weighted by molar-refractivity contribution is 5.73. The van der Waals surface area contributed by atoms with Gasteiger partial charge in [0, 0.05) is 0 Å². The molecule has 0 spiro atoms. The summed E-state index contributed by atoms with van der Waals surface area (Å²) in [6.45, 7) is 23.8. The maximum Gasteiger partial charge on any atom is -0.00388 e. The van der Waals surface area contributed by atoms with E-state index in [1.165, 1.54) is 69.8 Å². The second-order valence-electron chi connectivity index (χ2n) is 14.3. The van der Waals surface area contributed by atoms with E-state index in [1.54, 1.807) is 16.7 Å². The van der Waals surface area contributed by atoms with E-state index in [-0.39, 0.29) is 7.43 Å². The Bertz CT molecular complexity index is 887. The van der Waals surface area contributed by atoms with Crippen molar-refractivity contribution < 1.29 is 0 Å². The molecule has 38 heavy (non-hydrogen) atoms. The zero-order valence-corrected chi connectivity index (χ0v) is 26.6. The third-order valence-electron chi connectivity index (χ3n) is 11.1. The molecule has 2 saturated carbocycles. The average Bonchev–Trinajstić information content (AvgIpc) is 3.21. The number of benzene rings is 1. The maximum absolute atomic E-state index is 2.68. The summed E-state index contributed by atoms with van der Waals surface area (Å²) in [4.78, 5) is 0. The van der Waals surface area contributed by atoms with Gasteiger partial charge in [0.25, 0.3) is 0 Å². The normalized spacial score (nSPS) is 33.4. The van der Waals surface area contributed by atoms with Crippen LogP contribution in [-0.4, -0.2) is 0 Å². The molecule has 2 fully saturated rings. The summed E-state index contributed by atoms with van der Waals surface area (Å²) in [5.74, 6) is 5.04. The van der Waals surface area contributed by atoms with Crippen molar-refractivity contribution in [3.8, 4) is 0 Å². The van der Waals surface area contributed by atoms with E-state index < -0.39 is 0 Å². The SMILES string of the molecule is C.CC.CCc1cc(C2=CCC3C(C)CCC4CC(CC(C)C)CCC4(C)CCCC23C)ccc1C(C)C. The van der Waals surface area contributed by atoms with Crippen LogP contribution in [0.1, 0.15) is 163 Å². The molecule has 6 unspecified atom stereocenters. The van der Waals surface area contributed by atoms with Crippen LogP contribution in [0.2, 0.25) is 0 Å². The van der Waals surface area contributed by atoms with Crippen molar-refractivity contribution in [1.82, 2.24) is 0 Å². The molecule has 6 atom stereocenters. The van der Waals surface area contributed by atoms with E-state index in [9.17, 15) is 0 Å². The van der Waals surface area contributed by atoms with Crippen LogP contribution in [0.5, 0.6) is 0 Å². The van der Waals surface area contributed by atoms with Crippen molar-refractivity contribution in [3.63, 3.8) is 0 Å². The molecule has 0 aliphatic heterocycles. The number of allylic oxidation sites excluding steroid dienone is 2. The maximum atomic E-state index is 2.68. The molecule has 0 aromatic heterocycles. The van der Waals surface area contributed by atoms with Crippen molar-refractivity contribution in [2.24, 2.45) is 40.4 Å². The van der Waals surface area contributed by atoms with Crippen molar-refractivity contribution in [2.45, 2.75) is 153 Å². The summed E-state index contributed by atoms with van der Waals surface area (Å²) < 4.78 is 0. The largest absolute Gasteiger partial charge is 0.0798 e. The van der Waals surface area contributed by atoms with Gasteiger partial charge in [0.2, 0.25) is 0 Å². The predicted octanol–water partition coefficient (Wildman–Crippen LogP) is 12.5. The molecule has 3 aliphatic rings. The van der Waals surface area contributed by atoms with Gasteiger partial charge in [-0.05, 0) is 126 Å². The Labute approximate surface area is 239 Å². The lowest BCUT2D eigenvalue weighted by atomic mass is 9.57. The lowest BCUT2D eigenvalue weighted by molar-refractivity contribution is 0.0345. The minimum Gasteiger partial charge on any atom is -0.0798 e. The van der Waals surface area contributed by atoms with E-state index in [0.29, 0.717) is 16.7 Å². The molecule has 4 rings (SSSR count). The predicted molar refractivity (Wildman–Crippen MR) is 173 cm³/mol. The van der Waals surface area contributed by atoms with Crippen LogP contribution in [0.4, 0.5) is 0 Å². The lowest BCUT2D eigenvalue weighted by Gasteiger charge is -2.48. The number of fused-ring (bicyclic) bond motifs is 2. The van der Waals surface area contributed by atoms with Gasteiger partial charge in [0.15, 0.2) is 0 Å². The highest BCUT2D eigenvalue weighted by Gasteiger charge is 2.47. The zero-order chi connectivity index (χ0) is 27.4. The van der Waals surface area contributed by atoms with Gasteiger partial charge in [-0.1, -0.05) is 114 Å². The molecule has 1 aromatic carbocycles. The standard InChI is InChI=1S/C35H56.C2H6.CH4/c1-9-28-23-29(12-14-31(28)25(4)5)33-16-15-32-26(6)11-13-30-22-27(21-24(2)3)17-20-34(30,7)18-10-19-35(32,33)8;1-2;/h12,14,16,23-27,30,32H,9-11,13,15,17-22H2,1-8H3;1-2H3;1H4. The van der Waals surface area contributed by atoms with Gasteiger partial charge in [0.05, 0.1) is 0 Å². The number of rotatable bonds is 5. The Morgan fingerprint density at radius 2 is 1.66 bits per heavy atom. The van der Waals surface area contributed by atoms with Gasteiger partial charge in [-0.15, -0.1) is 0 Å². The molecule has 0 heteroatoms. The number of hydrogen-bond acceptors (Lipinski definition) is 0. The molecular weight excluding hydrogens is 456 g/mol. The van der Waals surface area contributed by atoms with Gasteiger partial charge < -0.3 is 0 Å². The van der Waals surface area contributed by atoms with Crippen molar-refractivity contribution >= 4 is 5.57 Å². The number of aryl methyl sites for hydroxylation is 1. The van der Waals surface area contributed by atoms with E-state index in [0.717, 1.165) is 36.0 Å². The lowest BCUT2D eigenvalue weighted by Crippen LogP contribution is -2.38. The molecular formula is C38H66. The summed E-state index contributed by atoms with van der Waals surface area (Å²) in [5.41, 5.74) is 7.23. The molecule has 0 radical (unpaired) electrons. The highest BCUT2D eigenvalue weighted by atomic mass is 14.5. The van der Waals surface area contributed by atoms with Gasteiger partial charge in [-0.2, -0.15) is 0 Å². The van der Waals surface area contributed by atoms with E-state index in [2.05, 4.69) is 79.7 Å². The minimum absolute atomic E-state index is 0. The molecule has 0 saturated heterocycles. The van der Waals surface area contributed by atoms with Crippen LogP contribution in [0.25, 0.3) is 5.57 Å². The van der Waals surface area contributed by atoms with E-state index in [1.807, 2.05) is 13.8 Å². The average molecular weight is 523 g/mol. The molecule has 0 bridgehead atoms. The van der Waals surface area contributed by atoms with Gasteiger partial charge in [0.1, 0.15) is 0 Å². The highest BCUT2D eigenvalue weighted by Crippen LogP contribution is 2.58. The second-order valence-corrected chi connectivity index (χ2v) is 14.3. The van der Waals surface area contributed by atoms with Gasteiger partial charge >= 0.3 is 0 Å². The Morgan fingerprint density at radius 3 is 2.29 bits per heavy atom. The quantitative estimate of drug-likeness (QED) is 0.360. The summed E-state index contributed by atoms with van der Waals surface area (Å²) in [6.07, 6.45) is 18.1. The molecule has 0 nitrogen and oxygen atoms in total. The fraction of sp³-hybridized carbons (Fsp3) is 0.789. The third kappa shape index (κ3) is 6.99. The van der Waals surface area contributed by atoms with Crippen LogP contribution in [-0.2, 0) is 6.42 Å². The second kappa shape index (κ2) is 14.0. The topological polar surface area (TPSA) is 0 Å². The molecule has 0 N–H and O–H groups in total. The summed E-state index contributed by atoms with van der Waals surface area (Å²) in [6, 6.07) is 7.47. The van der Waals surface area contributed by atoms with Crippen LogP contribution >= 0.6 is 0 Å². The zero-order valence-electron chi connectivity index (χ0n) is 26.6. The molecule has 3 aliphatic carbocycles. The van der Waals surface area contributed by atoms with Gasteiger partial charge in [-0.25, -0.2) is 0 Å². The van der Waals surface area contributed by atoms with Crippen molar-refractivity contribution in [2.75, 3.05) is 0 Å². The fourth-order valence-corrected chi connectivity index (χ4v) is 8.95. The minimum atomic E-state index is 0. The molecule has 0 heterocycles.